The Morgan fingerprint density at radius 1 is 0.314 bits per heavy atom. The van der Waals surface area contributed by atoms with Crippen LogP contribution in [0.1, 0.15) is 41.1 Å². The first-order valence-corrected chi connectivity index (χ1v) is 15.2. The molecule has 1 heteroatoms. The van der Waals surface area contributed by atoms with Gasteiger partial charge in [-0.05, 0) is 111 Å². The van der Waals surface area contributed by atoms with Gasteiger partial charge in [0.1, 0.15) is 11.2 Å². The fourth-order valence-electron chi connectivity index (χ4n) is 6.42. The van der Waals surface area contributed by atoms with Crippen molar-refractivity contribution in [1.29, 1.82) is 0 Å². The third-order valence-electron chi connectivity index (χ3n) is 8.57. The first-order chi connectivity index (χ1) is 37.8. The molecule has 1 aromatic heterocycles. The van der Waals surface area contributed by atoms with Gasteiger partial charge in [0.25, 0.3) is 0 Å². The van der Waals surface area contributed by atoms with E-state index in [0.29, 0.717) is 0 Å². The van der Waals surface area contributed by atoms with E-state index in [0.717, 1.165) is 0 Å². The lowest BCUT2D eigenvalue weighted by Gasteiger charge is -2.20. The molecule has 1 nitrogen and oxygen atoms in total. The summed E-state index contributed by atoms with van der Waals surface area (Å²) in [6, 6.07) is -28.6. The molecule has 0 atom stereocenters. The molecule has 0 radical (unpaired) electrons. The molecule has 0 aliphatic heterocycles. The Morgan fingerprint density at radius 3 is 1.39 bits per heavy atom. The molecule has 11 aromatic rings. The van der Waals surface area contributed by atoms with E-state index >= 15 is 0 Å². The maximum atomic E-state index is 10.1. The summed E-state index contributed by atoms with van der Waals surface area (Å²) in [5.74, 6) is 0. The molecule has 0 N–H and O–H groups in total. The van der Waals surface area contributed by atoms with Crippen LogP contribution in [-0.4, -0.2) is 0 Å². The van der Waals surface area contributed by atoms with Crippen LogP contribution in [0.2, 0.25) is 0 Å². The normalized spacial score (nSPS) is 20.2. The van der Waals surface area contributed by atoms with Crippen molar-refractivity contribution >= 4 is 75.8 Å². The number of furan rings is 1. The molecule has 0 unspecified atom stereocenters. The Kier molecular flexibility index (Phi) is 2.50. The van der Waals surface area contributed by atoms with Gasteiger partial charge in [-0.15, -0.1) is 0 Å². The highest BCUT2D eigenvalue weighted by molar-refractivity contribution is 6.25. The average Bonchev–Trinajstić information content (AvgIpc) is 4.08. The SMILES string of the molecule is [2H]c1c(-c2c([2H])c([2H])c3c([2H])c([2H])c([2H])c(-c4c5c([2H])c([2H])c([2H])c([2H])c5c(-c5c([2H])c([2H])c([2H])c6c([2H])c([2H])c([2H])c([2H])c56)c5c([2H])c([2H])c([2H])c([2H])c45)c3c2[2H])c([2H])c2c(oc3c([2H])c([2H])c4c([2H])c([2H])c([2H])c([2H])c4c32)c1[2H]. The Bertz CT molecular complexity index is 4840. The summed E-state index contributed by atoms with van der Waals surface area (Å²) in [5.41, 5.74) is -6.06. The Hall–Kier alpha value is -6.70. The molecule has 0 saturated carbocycles. The lowest BCUT2D eigenvalue weighted by atomic mass is 9.83. The Balaban J connectivity index is 1.43. The van der Waals surface area contributed by atoms with Gasteiger partial charge in [0.2, 0.25) is 0 Å². The van der Waals surface area contributed by atoms with Crippen LogP contribution >= 0.6 is 0 Å². The number of rotatable bonds is 3. The lowest BCUT2D eigenvalue weighted by Crippen LogP contribution is -1.92. The van der Waals surface area contributed by atoms with Gasteiger partial charge < -0.3 is 4.42 Å². The predicted molar refractivity (Wildman–Crippen MR) is 218 cm³/mol. The van der Waals surface area contributed by atoms with Crippen LogP contribution in [0.25, 0.3) is 109 Å². The molecule has 0 spiro atoms. The van der Waals surface area contributed by atoms with Gasteiger partial charge in [-0.25, -0.2) is 0 Å². The fourth-order valence-corrected chi connectivity index (χ4v) is 6.42. The van der Waals surface area contributed by atoms with E-state index < -0.39 is 290 Å². The van der Waals surface area contributed by atoms with Gasteiger partial charge >= 0.3 is 0 Å². The van der Waals surface area contributed by atoms with Crippen LogP contribution < -0.4 is 0 Å². The Labute approximate surface area is 336 Å². The molecule has 236 valence electrons. The van der Waals surface area contributed by atoms with E-state index in [-0.39, 0.29) is 0 Å². The third-order valence-corrected chi connectivity index (χ3v) is 8.57. The van der Waals surface area contributed by atoms with Gasteiger partial charge in [0.05, 0.1) is 41.1 Å². The summed E-state index contributed by atoms with van der Waals surface area (Å²) < 4.78 is 279. The summed E-state index contributed by atoms with van der Waals surface area (Å²) in [7, 11) is 0. The minimum atomic E-state index is -1.10. The second kappa shape index (κ2) is 10.9. The minimum Gasteiger partial charge on any atom is -0.456 e. The highest BCUT2D eigenvalue weighted by Gasteiger charge is 2.19. The molecule has 51 heavy (non-hydrogen) atoms. The van der Waals surface area contributed by atoms with Gasteiger partial charge in [-0.2, -0.15) is 0 Å². The second-order valence-corrected chi connectivity index (χ2v) is 11.3. The highest BCUT2D eigenvalue weighted by atomic mass is 16.3. The maximum Gasteiger partial charge on any atom is 0.136 e. The molecule has 0 saturated heterocycles. The van der Waals surface area contributed by atoms with Crippen molar-refractivity contribution in [2.75, 3.05) is 0 Å². The number of fused-ring (bicyclic) bond motifs is 9. The molecular weight excluding hydrogens is 617 g/mol. The maximum absolute atomic E-state index is 10.1. The van der Waals surface area contributed by atoms with Crippen LogP contribution in [0.3, 0.4) is 0 Å². The summed E-state index contributed by atoms with van der Waals surface area (Å²) in [6.07, 6.45) is 0. The molecular formula is C50H30O. The summed E-state index contributed by atoms with van der Waals surface area (Å²) in [4.78, 5) is 0. The van der Waals surface area contributed by atoms with Crippen LogP contribution in [0.4, 0.5) is 0 Å². The first-order valence-electron chi connectivity index (χ1n) is 30.2. The summed E-state index contributed by atoms with van der Waals surface area (Å²) in [5, 5.41) is -8.00. The zero-order chi connectivity index (χ0) is 59.6. The monoisotopic (exact) mass is 676 g/mol. The van der Waals surface area contributed by atoms with Crippen LogP contribution in [-0.2, 0) is 0 Å². The second-order valence-electron chi connectivity index (χ2n) is 11.3. The van der Waals surface area contributed by atoms with Crippen molar-refractivity contribution in [3.8, 4) is 33.4 Å². The number of hydrogen-bond donors (Lipinski definition) is 0. The topological polar surface area (TPSA) is 13.1 Å². The zero-order valence-corrected chi connectivity index (χ0v) is 25.4. The third kappa shape index (κ3) is 4.22. The van der Waals surface area contributed by atoms with E-state index in [1.165, 1.54) is 0 Å². The lowest BCUT2D eigenvalue weighted by molar-refractivity contribution is 0.669. The van der Waals surface area contributed by atoms with E-state index in [9.17, 15) is 16.4 Å². The fraction of sp³-hybridized carbons (Fsp3) is 0. The minimum absolute atomic E-state index is 0.408. The molecule has 0 aliphatic rings. The quantitative estimate of drug-likeness (QED) is 0.170. The van der Waals surface area contributed by atoms with Gasteiger partial charge in [0, 0.05) is 10.8 Å². The van der Waals surface area contributed by atoms with Crippen molar-refractivity contribution in [2.45, 2.75) is 0 Å². The van der Waals surface area contributed by atoms with E-state index in [4.69, 9.17) is 29.1 Å². The standard InChI is InChI=1S/C50H30O/c1-3-15-36-31(11-1)13-9-21-38(36)48-39-17-5-7-19-41(39)49(42-20-8-6-18-40(42)48)43-22-10-14-33-23-24-34(29-44(33)43)35-26-27-46-45(30-35)50-37-16-4-2-12-32(37)25-28-47(50)51-46/h1-30H/i1D,2D,3D,4D,5D,6D,7D,8D,9D,10D,11D,12D,13D,14D,15D,16D,17D,18D,19D,20D,21D,22D,23D,24D,25D,26D,27D,28D,29D,30D. The van der Waals surface area contributed by atoms with Gasteiger partial charge in [0.15, 0.2) is 0 Å². The number of benzene rings is 10. The van der Waals surface area contributed by atoms with Crippen molar-refractivity contribution < 1.29 is 45.5 Å². The largest absolute Gasteiger partial charge is 0.456 e. The van der Waals surface area contributed by atoms with Crippen LogP contribution in [0, 0.1) is 0 Å². The summed E-state index contributed by atoms with van der Waals surface area (Å²) in [6.45, 7) is 0. The van der Waals surface area contributed by atoms with Crippen molar-refractivity contribution in [3.63, 3.8) is 0 Å². The van der Waals surface area contributed by atoms with Gasteiger partial charge in [-0.3, -0.25) is 0 Å². The van der Waals surface area contributed by atoms with E-state index in [1.54, 1.807) is 0 Å². The van der Waals surface area contributed by atoms with Crippen molar-refractivity contribution in [2.24, 2.45) is 0 Å². The molecule has 0 amide bonds. The molecule has 0 bridgehead atoms. The van der Waals surface area contributed by atoms with E-state index in [2.05, 4.69) is 0 Å². The molecule has 1 heterocycles. The molecule has 11 rings (SSSR count). The smallest absolute Gasteiger partial charge is 0.136 e. The van der Waals surface area contributed by atoms with E-state index in [1.807, 2.05) is 0 Å². The van der Waals surface area contributed by atoms with Crippen LogP contribution in [0.15, 0.2) is 186 Å². The average molecular weight is 677 g/mol. The van der Waals surface area contributed by atoms with Crippen molar-refractivity contribution in [3.05, 3.63) is 181 Å². The molecule has 10 aromatic carbocycles. The predicted octanol–water partition coefficient (Wildman–Crippen LogP) is 14.4. The Morgan fingerprint density at radius 2 is 0.745 bits per heavy atom. The zero-order valence-electron chi connectivity index (χ0n) is 55.4. The molecule has 0 aliphatic carbocycles. The first kappa shape index (κ1) is 11.7. The number of hydrogen-bond acceptors (Lipinski definition) is 1. The molecule has 0 fully saturated rings. The highest BCUT2D eigenvalue weighted by Crippen LogP contribution is 2.47. The van der Waals surface area contributed by atoms with Crippen LogP contribution in [0.5, 0.6) is 0 Å². The summed E-state index contributed by atoms with van der Waals surface area (Å²) >= 11 is 0. The van der Waals surface area contributed by atoms with Gasteiger partial charge in [-0.1, -0.05) is 157 Å². The van der Waals surface area contributed by atoms with Crippen molar-refractivity contribution in [1.82, 2.24) is 0 Å².